The zero-order valence-corrected chi connectivity index (χ0v) is 15.8. The molecule has 1 fully saturated rings. The van der Waals surface area contributed by atoms with Crippen molar-refractivity contribution in [3.63, 3.8) is 0 Å². The molecule has 1 saturated heterocycles. The van der Waals surface area contributed by atoms with E-state index in [1.165, 1.54) is 11.1 Å². The van der Waals surface area contributed by atoms with Gasteiger partial charge in [-0.1, -0.05) is 24.3 Å². The van der Waals surface area contributed by atoms with E-state index in [4.69, 9.17) is 0 Å². The summed E-state index contributed by atoms with van der Waals surface area (Å²) in [7, 11) is 1.88. The summed E-state index contributed by atoms with van der Waals surface area (Å²) in [6.07, 6.45) is 1.01. The summed E-state index contributed by atoms with van der Waals surface area (Å²) in [4.78, 5) is 19.9. The van der Waals surface area contributed by atoms with Crippen molar-refractivity contribution in [2.45, 2.75) is 33.1 Å². The molecule has 1 atom stereocenters. The Hall–Kier alpha value is -2.69. The molecular formula is C21H24N4O. The van der Waals surface area contributed by atoms with Gasteiger partial charge in [-0.05, 0) is 44.4 Å². The maximum atomic E-state index is 13.3. The summed E-state index contributed by atoms with van der Waals surface area (Å²) in [5.41, 5.74) is 5.86. The SMILES string of the molecule is Cc1cc(C(=O)N2CC[C@@H](c3ccccc3C)C2)c2c(C)nn(C)c2n1. The highest BCUT2D eigenvalue weighted by Crippen LogP contribution is 2.31. The van der Waals surface area contributed by atoms with Crippen LogP contribution in [0.25, 0.3) is 11.0 Å². The number of benzene rings is 1. The van der Waals surface area contributed by atoms with E-state index in [2.05, 4.69) is 41.3 Å². The van der Waals surface area contributed by atoms with Crippen molar-refractivity contribution in [2.24, 2.45) is 7.05 Å². The number of carbonyl (C=O) groups is 1. The van der Waals surface area contributed by atoms with Crippen molar-refractivity contribution < 1.29 is 4.79 Å². The lowest BCUT2D eigenvalue weighted by Crippen LogP contribution is -2.29. The van der Waals surface area contributed by atoms with Crippen molar-refractivity contribution in [3.05, 3.63) is 58.4 Å². The van der Waals surface area contributed by atoms with Gasteiger partial charge in [0.25, 0.3) is 5.91 Å². The molecule has 5 nitrogen and oxygen atoms in total. The Morgan fingerprint density at radius 2 is 1.96 bits per heavy atom. The lowest BCUT2D eigenvalue weighted by molar-refractivity contribution is 0.0792. The van der Waals surface area contributed by atoms with Crippen molar-refractivity contribution in [1.82, 2.24) is 19.7 Å². The third-order valence-electron chi connectivity index (χ3n) is 5.43. The normalized spacial score (nSPS) is 17.2. The fourth-order valence-corrected chi connectivity index (χ4v) is 4.15. The van der Waals surface area contributed by atoms with Crippen molar-refractivity contribution in [2.75, 3.05) is 13.1 Å². The minimum atomic E-state index is 0.0904. The Kier molecular flexibility index (Phi) is 4.02. The Labute approximate surface area is 153 Å². The summed E-state index contributed by atoms with van der Waals surface area (Å²) in [5.74, 6) is 0.501. The largest absolute Gasteiger partial charge is 0.338 e. The van der Waals surface area contributed by atoms with Crippen molar-refractivity contribution in [3.8, 4) is 0 Å². The zero-order chi connectivity index (χ0) is 18.4. The smallest absolute Gasteiger partial charge is 0.254 e. The van der Waals surface area contributed by atoms with Gasteiger partial charge in [-0.2, -0.15) is 5.10 Å². The molecule has 1 amide bonds. The molecule has 0 spiro atoms. The second-order valence-corrected chi connectivity index (χ2v) is 7.31. The van der Waals surface area contributed by atoms with Crippen LogP contribution >= 0.6 is 0 Å². The third-order valence-corrected chi connectivity index (χ3v) is 5.43. The van der Waals surface area contributed by atoms with E-state index in [-0.39, 0.29) is 5.91 Å². The van der Waals surface area contributed by atoms with Crippen LogP contribution in [0.5, 0.6) is 0 Å². The number of aromatic nitrogens is 3. The van der Waals surface area contributed by atoms with Crippen molar-refractivity contribution in [1.29, 1.82) is 0 Å². The summed E-state index contributed by atoms with van der Waals surface area (Å²) in [6, 6.07) is 10.4. The maximum absolute atomic E-state index is 13.3. The number of likely N-dealkylation sites (tertiary alicyclic amines) is 1. The number of rotatable bonds is 2. The summed E-state index contributed by atoms with van der Waals surface area (Å²) in [5, 5.41) is 5.34. The van der Waals surface area contributed by atoms with E-state index in [0.717, 1.165) is 47.5 Å². The van der Waals surface area contributed by atoms with Gasteiger partial charge in [-0.15, -0.1) is 0 Å². The van der Waals surface area contributed by atoms with E-state index in [0.29, 0.717) is 5.92 Å². The second-order valence-electron chi connectivity index (χ2n) is 7.31. The van der Waals surface area contributed by atoms with Crippen molar-refractivity contribution >= 4 is 16.9 Å². The van der Waals surface area contributed by atoms with Gasteiger partial charge in [0.2, 0.25) is 0 Å². The van der Waals surface area contributed by atoms with Crippen LogP contribution in [0.15, 0.2) is 30.3 Å². The van der Waals surface area contributed by atoms with E-state index in [1.807, 2.05) is 31.9 Å². The van der Waals surface area contributed by atoms with Gasteiger partial charge < -0.3 is 4.90 Å². The van der Waals surface area contributed by atoms with Gasteiger partial charge in [0, 0.05) is 31.7 Å². The summed E-state index contributed by atoms with van der Waals surface area (Å²) in [6.45, 7) is 7.58. The van der Waals surface area contributed by atoms with Crippen LogP contribution in [0.2, 0.25) is 0 Å². The number of pyridine rings is 1. The topological polar surface area (TPSA) is 51.0 Å². The van der Waals surface area contributed by atoms with E-state index in [1.54, 1.807) is 4.68 Å². The number of nitrogens with zero attached hydrogens (tertiary/aromatic N) is 4. The summed E-state index contributed by atoms with van der Waals surface area (Å²) < 4.78 is 1.76. The van der Waals surface area contributed by atoms with E-state index in [9.17, 15) is 4.79 Å². The molecule has 3 heterocycles. The Balaban J connectivity index is 1.67. The molecule has 1 aromatic carbocycles. The second kappa shape index (κ2) is 6.24. The number of carbonyl (C=O) groups excluding carboxylic acids is 1. The predicted molar refractivity (Wildman–Crippen MR) is 102 cm³/mol. The van der Waals surface area contributed by atoms with Gasteiger partial charge in [0.1, 0.15) is 0 Å². The molecule has 1 aliphatic rings. The molecule has 4 rings (SSSR count). The fraction of sp³-hybridized carbons (Fsp3) is 0.381. The Morgan fingerprint density at radius 1 is 1.19 bits per heavy atom. The molecule has 0 aliphatic carbocycles. The van der Waals surface area contributed by atoms with Gasteiger partial charge in [-0.25, -0.2) is 4.98 Å². The molecule has 0 saturated carbocycles. The minimum Gasteiger partial charge on any atom is -0.338 e. The highest BCUT2D eigenvalue weighted by Gasteiger charge is 2.30. The Bertz CT molecular complexity index is 1000. The fourth-order valence-electron chi connectivity index (χ4n) is 4.15. The quantitative estimate of drug-likeness (QED) is 0.712. The predicted octanol–water partition coefficient (Wildman–Crippen LogP) is 3.52. The molecule has 0 radical (unpaired) electrons. The highest BCUT2D eigenvalue weighted by atomic mass is 16.2. The highest BCUT2D eigenvalue weighted by molar-refractivity contribution is 6.06. The number of hydrogen-bond acceptors (Lipinski definition) is 3. The molecule has 1 aliphatic heterocycles. The number of aryl methyl sites for hydroxylation is 4. The lowest BCUT2D eigenvalue weighted by Gasteiger charge is -2.18. The minimum absolute atomic E-state index is 0.0904. The lowest BCUT2D eigenvalue weighted by atomic mass is 9.94. The first-order valence-corrected chi connectivity index (χ1v) is 9.11. The average molecular weight is 348 g/mol. The molecule has 0 unspecified atom stereocenters. The van der Waals surface area contributed by atoms with Crippen LogP contribution in [0, 0.1) is 20.8 Å². The Morgan fingerprint density at radius 3 is 2.73 bits per heavy atom. The first-order valence-electron chi connectivity index (χ1n) is 9.11. The number of amides is 1. The van der Waals surface area contributed by atoms with Gasteiger partial charge in [0.05, 0.1) is 16.6 Å². The number of hydrogen-bond donors (Lipinski definition) is 0. The van der Waals surface area contributed by atoms with E-state index >= 15 is 0 Å². The number of fused-ring (bicyclic) bond motifs is 1. The van der Waals surface area contributed by atoms with Crippen LogP contribution in [0.3, 0.4) is 0 Å². The molecule has 3 aromatic rings. The first kappa shape index (κ1) is 16.8. The van der Waals surface area contributed by atoms with E-state index < -0.39 is 0 Å². The van der Waals surface area contributed by atoms with Gasteiger partial charge in [-0.3, -0.25) is 9.48 Å². The average Bonchev–Trinajstić information content (AvgIpc) is 3.20. The van der Waals surface area contributed by atoms with Crippen LogP contribution in [-0.2, 0) is 7.05 Å². The van der Waals surface area contributed by atoms with Crippen LogP contribution in [0.4, 0.5) is 0 Å². The molecule has 26 heavy (non-hydrogen) atoms. The van der Waals surface area contributed by atoms with Gasteiger partial charge in [0.15, 0.2) is 5.65 Å². The van der Waals surface area contributed by atoms with Crippen LogP contribution in [-0.4, -0.2) is 38.7 Å². The third kappa shape index (κ3) is 2.68. The molecule has 0 bridgehead atoms. The molecule has 5 heteroatoms. The zero-order valence-electron chi connectivity index (χ0n) is 15.8. The van der Waals surface area contributed by atoms with Gasteiger partial charge >= 0.3 is 0 Å². The molecule has 2 aromatic heterocycles. The molecule has 0 N–H and O–H groups in total. The monoisotopic (exact) mass is 348 g/mol. The van der Waals surface area contributed by atoms with Crippen LogP contribution in [0.1, 0.15) is 45.2 Å². The first-order chi connectivity index (χ1) is 12.5. The maximum Gasteiger partial charge on any atom is 0.254 e. The van der Waals surface area contributed by atoms with Crippen LogP contribution < -0.4 is 0 Å². The standard InChI is InChI=1S/C21H24N4O/c1-13-7-5-6-8-17(13)16-9-10-25(12-16)21(26)18-11-14(2)22-20-19(18)15(3)23-24(20)4/h5-8,11,16H,9-10,12H2,1-4H3/t16-/m1/s1. The summed E-state index contributed by atoms with van der Waals surface area (Å²) >= 11 is 0. The molecular weight excluding hydrogens is 324 g/mol. The molecule has 134 valence electrons.